The number of aryl methyl sites for hydroxylation is 1. The van der Waals surface area contributed by atoms with Crippen molar-refractivity contribution in [3.8, 4) is 0 Å². The van der Waals surface area contributed by atoms with Gasteiger partial charge in [0, 0.05) is 24.0 Å². The van der Waals surface area contributed by atoms with Crippen molar-refractivity contribution in [2.24, 2.45) is 0 Å². The Balaban J connectivity index is 1.99. The molecule has 20 heavy (non-hydrogen) atoms. The van der Waals surface area contributed by atoms with Gasteiger partial charge in [-0.05, 0) is 62.2 Å². The highest BCUT2D eigenvalue weighted by Crippen LogP contribution is 2.38. The molecule has 0 radical (unpaired) electrons. The maximum Gasteiger partial charge on any atom is 0.0446 e. The summed E-state index contributed by atoms with van der Waals surface area (Å²) in [5.41, 5.74) is 6.85. The first-order chi connectivity index (χ1) is 9.70. The second-order valence-corrected chi connectivity index (χ2v) is 5.69. The van der Waals surface area contributed by atoms with Gasteiger partial charge in [-0.2, -0.15) is 0 Å². The first-order valence-electron chi connectivity index (χ1n) is 7.32. The van der Waals surface area contributed by atoms with Crippen LogP contribution in [0.4, 0.5) is 11.4 Å². The van der Waals surface area contributed by atoms with E-state index in [4.69, 9.17) is 0 Å². The molecule has 0 fully saturated rings. The summed E-state index contributed by atoms with van der Waals surface area (Å²) < 4.78 is 0. The highest BCUT2D eigenvalue weighted by atomic mass is 15.2. The van der Waals surface area contributed by atoms with E-state index in [0.29, 0.717) is 6.04 Å². The van der Waals surface area contributed by atoms with Gasteiger partial charge in [0.15, 0.2) is 0 Å². The molecule has 2 heteroatoms. The fraction of sp³-hybridized carbons (Fsp3) is 0.333. The Labute approximate surface area is 121 Å². The molecule has 0 spiro atoms. The van der Waals surface area contributed by atoms with E-state index in [1.54, 1.807) is 0 Å². The molecule has 104 valence electrons. The van der Waals surface area contributed by atoms with Crippen molar-refractivity contribution < 1.29 is 0 Å². The Kier molecular flexibility index (Phi) is 3.49. The van der Waals surface area contributed by atoms with E-state index >= 15 is 0 Å². The molecule has 1 atom stereocenters. The van der Waals surface area contributed by atoms with Gasteiger partial charge in [-0.3, -0.25) is 0 Å². The molecule has 0 amide bonds. The molecule has 0 saturated carbocycles. The topological polar surface area (TPSA) is 15.3 Å². The van der Waals surface area contributed by atoms with E-state index in [-0.39, 0.29) is 0 Å². The van der Waals surface area contributed by atoms with Crippen LogP contribution in [0.25, 0.3) is 0 Å². The zero-order valence-electron chi connectivity index (χ0n) is 12.5. The van der Waals surface area contributed by atoms with Crippen LogP contribution in [0.15, 0.2) is 42.5 Å². The standard InChI is InChI=1S/C18H22N2/c1-13-10-17(9-8-16(13)12-19-3)20-14(2)11-15-6-4-5-7-18(15)20/h4-10,14,19H,11-12H2,1-3H3. The molecule has 2 aromatic rings. The summed E-state index contributed by atoms with van der Waals surface area (Å²) in [5, 5.41) is 3.22. The highest BCUT2D eigenvalue weighted by molar-refractivity contribution is 5.71. The Bertz CT molecular complexity index is 619. The van der Waals surface area contributed by atoms with Crippen molar-refractivity contribution in [1.29, 1.82) is 0 Å². The smallest absolute Gasteiger partial charge is 0.0446 e. The maximum atomic E-state index is 3.22. The first kappa shape index (κ1) is 13.2. The number of hydrogen-bond acceptors (Lipinski definition) is 2. The molecular formula is C18H22N2. The Morgan fingerprint density at radius 2 is 2.00 bits per heavy atom. The van der Waals surface area contributed by atoms with Crippen molar-refractivity contribution in [3.05, 3.63) is 59.2 Å². The molecule has 2 nitrogen and oxygen atoms in total. The molecular weight excluding hydrogens is 244 g/mol. The summed E-state index contributed by atoms with van der Waals surface area (Å²) in [6.45, 7) is 5.43. The van der Waals surface area contributed by atoms with E-state index in [1.807, 2.05) is 7.05 Å². The number of benzene rings is 2. The molecule has 1 unspecified atom stereocenters. The van der Waals surface area contributed by atoms with Crippen molar-refractivity contribution >= 4 is 11.4 Å². The van der Waals surface area contributed by atoms with Gasteiger partial charge in [-0.1, -0.05) is 24.3 Å². The SMILES string of the molecule is CNCc1ccc(N2c3ccccc3CC2C)cc1C. The van der Waals surface area contributed by atoms with E-state index in [9.17, 15) is 0 Å². The van der Waals surface area contributed by atoms with E-state index in [2.05, 4.69) is 66.5 Å². The first-order valence-corrected chi connectivity index (χ1v) is 7.32. The van der Waals surface area contributed by atoms with E-state index < -0.39 is 0 Å². The number of nitrogens with zero attached hydrogens (tertiary/aromatic N) is 1. The van der Waals surface area contributed by atoms with Crippen LogP contribution in [0, 0.1) is 6.92 Å². The van der Waals surface area contributed by atoms with Crippen LogP contribution in [0.3, 0.4) is 0 Å². The molecule has 1 aliphatic heterocycles. The van der Waals surface area contributed by atoms with Gasteiger partial charge in [-0.25, -0.2) is 0 Å². The van der Waals surface area contributed by atoms with Crippen LogP contribution in [-0.4, -0.2) is 13.1 Å². The van der Waals surface area contributed by atoms with Gasteiger partial charge in [0.1, 0.15) is 0 Å². The third-order valence-electron chi connectivity index (χ3n) is 4.18. The highest BCUT2D eigenvalue weighted by Gasteiger charge is 2.26. The lowest BCUT2D eigenvalue weighted by molar-refractivity contribution is 0.757. The number of fused-ring (bicyclic) bond motifs is 1. The number of hydrogen-bond donors (Lipinski definition) is 1. The van der Waals surface area contributed by atoms with Gasteiger partial charge >= 0.3 is 0 Å². The predicted molar refractivity (Wildman–Crippen MR) is 85.7 cm³/mol. The van der Waals surface area contributed by atoms with Crippen molar-refractivity contribution in [3.63, 3.8) is 0 Å². The largest absolute Gasteiger partial charge is 0.338 e. The van der Waals surface area contributed by atoms with Crippen LogP contribution < -0.4 is 10.2 Å². The Morgan fingerprint density at radius 1 is 1.20 bits per heavy atom. The lowest BCUT2D eigenvalue weighted by Crippen LogP contribution is -2.24. The fourth-order valence-electron chi connectivity index (χ4n) is 3.18. The van der Waals surface area contributed by atoms with Crippen LogP contribution in [0.1, 0.15) is 23.6 Å². The molecule has 2 aromatic carbocycles. The van der Waals surface area contributed by atoms with Gasteiger partial charge in [0.05, 0.1) is 0 Å². The summed E-state index contributed by atoms with van der Waals surface area (Å²) in [7, 11) is 1.99. The monoisotopic (exact) mass is 266 g/mol. The molecule has 0 bridgehead atoms. The molecule has 0 saturated heterocycles. The molecule has 0 aromatic heterocycles. The third-order valence-corrected chi connectivity index (χ3v) is 4.18. The Hall–Kier alpha value is -1.80. The van der Waals surface area contributed by atoms with E-state index in [0.717, 1.165) is 13.0 Å². The lowest BCUT2D eigenvalue weighted by Gasteiger charge is -2.26. The van der Waals surface area contributed by atoms with E-state index in [1.165, 1.54) is 28.1 Å². The summed E-state index contributed by atoms with van der Waals surface area (Å²) in [4.78, 5) is 2.46. The molecule has 0 aliphatic carbocycles. The van der Waals surface area contributed by atoms with Crippen LogP contribution in [0.5, 0.6) is 0 Å². The minimum absolute atomic E-state index is 0.530. The van der Waals surface area contributed by atoms with Crippen molar-refractivity contribution in [2.45, 2.75) is 32.9 Å². The van der Waals surface area contributed by atoms with Crippen molar-refractivity contribution in [2.75, 3.05) is 11.9 Å². The minimum Gasteiger partial charge on any atom is -0.338 e. The summed E-state index contributed by atoms with van der Waals surface area (Å²) in [6.07, 6.45) is 1.13. The van der Waals surface area contributed by atoms with Crippen molar-refractivity contribution in [1.82, 2.24) is 5.32 Å². The maximum absolute atomic E-state index is 3.22. The number of para-hydroxylation sites is 1. The summed E-state index contributed by atoms with van der Waals surface area (Å²) in [6, 6.07) is 16.1. The zero-order chi connectivity index (χ0) is 14.1. The van der Waals surface area contributed by atoms with Gasteiger partial charge in [-0.15, -0.1) is 0 Å². The average Bonchev–Trinajstić information content (AvgIpc) is 2.77. The molecule has 1 heterocycles. The van der Waals surface area contributed by atoms with Gasteiger partial charge < -0.3 is 10.2 Å². The third kappa shape index (κ3) is 2.20. The number of nitrogens with one attached hydrogen (secondary N) is 1. The predicted octanol–water partition coefficient (Wildman–Crippen LogP) is 3.80. The second kappa shape index (κ2) is 5.29. The molecule has 1 aliphatic rings. The molecule has 1 N–H and O–H groups in total. The summed E-state index contributed by atoms with van der Waals surface area (Å²) in [5.74, 6) is 0. The van der Waals surface area contributed by atoms with Gasteiger partial charge in [0.2, 0.25) is 0 Å². The zero-order valence-corrected chi connectivity index (χ0v) is 12.5. The fourth-order valence-corrected chi connectivity index (χ4v) is 3.18. The molecule has 3 rings (SSSR count). The van der Waals surface area contributed by atoms with Crippen LogP contribution >= 0.6 is 0 Å². The Morgan fingerprint density at radius 3 is 2.75 bits per heavy atom. The van der Waals surface area contributed by atoms with Crippen LogP contribution in [-0.2, 0) is 13.0 Å². The van der Waals surface area contributed by atoms with Crippen LogP contribution in [0.2, 0.25) is 0 Å². The average molecular weight is 266 g/mol. The summed E-state index contributed by atoms with van der Waals surface area (Å²) >= 11 is 0. The quantitative estimate of drug-likeness (QED) is 0.909. The number of rotatable bonds is 3. The van der Waals surface area contributed by atoms with Gasteiger partial charge in [0.25, 0.3) is 0 Å². The lowest BCUT2D eigenvalue weighted by atomic mass is 10.1. The second-order valence-electron chi connectivity index (χ2n) is 5.69. The minimum atomic E-state index is 0.530. The normalized spacial score (nSPS) is 17.4. The number of anilines is 2.